The van der Waals surface area contributed by atoms with Crippen molar-refractivity contribution in [2.75, 3.05) is 5.32 Å². The fourth-order valence-electron chi connectivity index (χ4n) is 1.53. The molecule has 0 spiro atoms. The number of hydrogen-bond acceptors (Lipinski definition) is 2. The van der Waals surface area contributed by atoms with Crippen molar-refractivity contribution < 1.29 is 4.79 Å². The minimum absolute atomic E-state index is 0.0832. The van der Waals surface area contributed by atoms with E-state index in [2.05, 4.69) is 37.2 Å². The van der Waals surface area contributed by atoms with Gasteiger partial charge in [0.25, 0.3) is 5.91 Å². The summed E-state index contributed by atoms with van der Waals surface area (Å²) >= 11 is 8.18. The van der Waals surface area contributed by atoms with Gasteiger partial charge in [0.1, 0.15) is 0 Å². The molecule has 0 bridgehead atoms. The van der Waals surface area contributed by atoms with Crippen LogP contribution in [-0.2, 0) is 0 Å². The predicted octanol–water partition coefficient (Wildman–Crippen LogP) is 5.14. The van der Waals surface area contributed by atoms with E-state index in [0.717, 1.165) is 19.5 Å². The van der Waals surface area contributed by atoms with Gasteiger partial charge in [-0.3, -0.25) is 4.79 Å². The molecule has 0 unspecified atom stereocenters. The summed E-state index contributed by atoms with van der Waals surface area (Å²) in [5.74, 6) is -0.0832. The highest BCUT2D eigenvalue weighted by Gasteiger charge is 2.13. The standard InChI is InChI=1S/C13H11Br2NOS/c1-7-4-3-5-10(8(7)2)16-13(17)11-6-9(14)12(15)18-11/h3-6H,1-2H3,(H,16,17). The summed E-state index contributed by atoms with van der Waals surface area (Å²) in [4.78, 5) is 12.8. The summed E-state index contributed by atoms with van der Waals surface area (Å²) in [7, 11) is 0. The van der Waals surface area contributed by atoms with E-state index in [-0.39, 0.29) is 5.91 Å². The topological polar surface area (TPSA) is 29.1 Å². The molecular formula is C13H11Br2NOS. The maximum Gasteiger partial charge on any atom is 0.265 e. The number of rotatable bonds is 2. The highest BCUT2D eigenvalue weighted by molar-refractivity contribution is 9.13. The number of anilines is 1. The number of hydrogen-bond donors (Lipinski definition) is 1. The first kappa shape index (κ1) is 13.8. The minimum atomic E-state index is -0.0832. The Morgan fingerprint density at radius 1 is 1.28 bits per heavy atom. The smallest absolute Gasteiger partial charge is 0.265 e. The maximum atomic E-state index is 12.1. The molecule has 1 aromatic carbocycles. The van der Waals surface area contributed by atoms with E-state index < -0.39 is 0 Å². The first-order valence-corrected chi connectivity index (χ1v) is 7.71. The normalized spacial score (nSPS) is 10.4. The van der Waals surface area contributed by atoms with Crippen LogP contribution in [0.25, 0.3) is 0 Å². The van der Waals surface area contributed by atoms with Crippen LogP contribution in [0.4, 0.5) is 5.69 Å². The Hall–Kier alpha value is -0.650. The Balaban J connectivity index is 2.24. The van der Waals surface area contributed by atoms with Crippen LogP contribution in [0.1, 0.15) is 20.8 Å². The second-order valence-electron chi connectivity index (χ2n) is 3.93. The second-order valence-corrected chi connectivity index (χ2v) is 7.16. The minimum Gasteiger partial charge on any atom is -0.321 e. The lowest BCUT2D eigenvalue weighted by Gasteiger charge is -2.09. The lowest BCUT2D eigenvalue weighted by molar-refractivity contribution is 0.103. The van der Waals surface area contributed by atoms with Crippen LogP contribution in [0.5, 0.6) is 0 Å². The SMILES string of the molecule is Cc1cccc(NC(=O)c2cc(Br)c(Br)s2)c1C. The van der Waals surface area contributed by atoms with E-state index >= 15 is 0 Å². The van der Waals surface area contributed by atoms with Crippen molar-refractivity contribution in [2.45, 2.75) is 13.8 Å². The molecule has 2 aromatic rings. The molecule has 0 aliphatic rings. The van der Waals surface area contributed by atoms with E-state index in [0.29, 0.717) is 4.88 Å². The number of amides is 1. The van der Waals surface area contributed by atoms with Gasteiger partial charge < -0.3 is 5.32 Å². The van der Waals surface area contributed by atoms with Gasteiger partial charge in [0.05, 0.1) is 8.66 Å². The van der Waals surface area contributed by atoms with Crippen molar-refractivity contribution in [1.82, 2.24) is 0 Å². The van der Waals surface area contributed by atoms with Crippen molar-refractivity contribution in [2.24, 2.45) is 0 Å². The zero-order valence-corrected chi connectivity index (χ0v) is 13.9. The molecule has 1 N–H and O–H groups in total. The monoisotopic (exact) mass is 387 g/mol. The van der Waals surface area contributed by atoms with Crippen LogP contribution < -0.4 is 5.32 Å². The van der Waals surface area contributed by atoms with E-state index in [1.807, 2.05) is 38.1 Å². The highest BCUT2D eigenvalue weighted by atomic mass is 79.9. The van der Waals surface area contributed by atoms with Gasteiger partial charge in [-0.15, -0.1) is 11.3 Å². The molecule has 1 amide bonds. The van der Waals surface area contributed by atoms with E-state index in [1.54, 1.807) is 0 Å². The molecule has 0 radical (unpaired) electrons. The summed E-state index contributed by atoms with van der Waals surface area (Å²) in [5, 5.41) is 2.94. The Labute approximate surface area is 127 Å². The fourth-order valence-corrected chi connectivity index (χ4v) is 3.46. The summed E-state index contributed by atoms with van der Waals surface area (Å²) in [6, 6.07) is 7.70. The number of carbonyl (C=O) groups is 1. The van der Waals surface area contributed by atoms with E-state index in [4.69, 9.17) is 0 Å². The molecule has 0 saturated carbocycles. The van der Waals surface area contributed by atoms with E-state index in [1.165, 1.54) is 16.9 Å². The number of carbonyl (C=O) groups excluding carboxylic acids is 1. The quantitative estimate of drug-likeness (QED) is 0.757. The van der Waals surface area contributed by atoms with Crippen LogP contribution in [0, 0.1) is 13.8 Å². The average Bonchev–Trinajstić information content (AvgIpc) is 2.66. The van der Waals surface area contributed by atoms with Crippen molar-refractivity contribution >= 4 is 54.8 Å². The van der Waals surface area contributed by atoms with Gasteiger partial charge in [-0.2, -0.15) is 0 Å². The average molecular weight is 389 g/mol. The largest absolute Gasteiger partial charge is 0.321 e. The number of benzene rings is 1. The van der Waals surface area contributed by atoms with Gasteiger partial charge in [0.2, 0.25) is 0 Å². The molecule has 0 fully saturated rings. The van der Waals surface area contributed by atoms with Crippen molar-refractivity contribution in [3.05, 3.63) is 48.5 Å². The molecule has 0 aliphatic carbocycles. The lowest BCUT2D eigenvalue weighted by atomic mass is 10.1. The van der Waals surface area contributed by atoms with Gasteiger partial charge in [0, 0.05) is 10.2 Å². The molecule has 0 atom stereocenters. The highest BCUT2D eigenvalue weighted by Crippen LogP contribution is 2.33. The zero-order valence-electron chi connectivity index (χ0n) is 9.88. The summed E-state index contributed by atoms with van der Waals surface area (Å²) < 4.78 is 1.83. The molecule has 18 heavy (non-hydrogen) atoms. The number of aryl methyl sites for hydroxylation is 1. The van der Waals surface area contributed by atoms with Crippen molar-refractivity contribution in [3.63, 3.8) is 0 Å². The Bertz CT molecular complexity index is 588. The first-order valence-electron chi connectivity index (χ1n) is 5.31. The molecular weight excluding hydrogens is 378 g/mol. The fraction of sp³-hybridized carbons (Fsp3) is 0.154. The van der Waals surface area contributed by atoms with Crippen LogP contribution in [0.3, 0.4) is 0 Å². The molecule has 2 nitrogen and oxygen atoms in total. The van der Waals surface area contributed by atoms with Crippen molar-refractivity contribution in [3.8, 4) is 0 Å². The van der Waals surface area contributed by atoms with Gasteiger partial charge in [-0.05, 0) is 69.0 Å². The summed E-state index contributed by atoms with van der Waals surface area (Å²) in [6.45, 7) is 4.04. The third-order valence-corrected chi connectivity index (χ3v) is 5.98. The number of halogens is 2. The lowest BCUT2D eigenvalue weighted by Crippen LogP contribution is -2.11. The Kier molecular flexibility index (Phi) is 4.25. The van der Waals surface area contributed by atoms with Crippen LogP contribution >= 0.6 is 43.2 Å². The molecule has 2 rings (SSSR count). The van der Waals surface area contributed by atoms with Crippen LogP contribution in [0.15, 0.2) is 32.5 Å². The molecule has 5 heteroatoms. The number of thiophene rings is 1. The summed E-state index contributed by atoms with van der Waals surface area (Å²) in [5.41, 5.74) is 3.13. The predicted molar refractivity (Wildman–Crippen MR) is 83.6 cm³/mol. The maximum absolute atomic E-state index is 12.1. The zero-order chi connectivity index (χ0) is 13.3. The summed E-state index contributed by atoms with van der Waals surface area (Å²) in [6.07, 6.45) is 0. The molecule has 0 saturated heterocycles. The molecule has 0 aliphatic heterocycles. The Morgan fingerprint density at radius 3 is 2.61 bits per heavy atom. The molecule has 1 aromatic heterocycles. The number of nitrogens with one attached hydrogen (secondary N) is 1. The molecule has 1 heterocycles. The van der Waals surface area contributed by atoms with Gasteiger partial charge in [0.15, 0.2) is 0 Å². The van der Waals surface area contributed by atoms with E-state index in [9.17, 15) is 4.79 Å². The van der Waals surface area contributed by atoms with Crippen molar-refractivity contribution in [1.29, 1.82) is 0 Å². The molecule has 94 valence electrons. The third kappa shape index (κ3) is 2.84. The second kappa shape index (κ2) is 5.55. The Morgan fingerprint density at radius 2 is 2.00 bits per heavy atom. The van der Waals surface area contributed by atoms with Gasteiger partial charge >= 0.3 is 0 Å². The third-order valence-electron chi connectivity index (χ3n) is 2.72. The van der Waals surface area contributed by atoms with Gasteiger partial charge in [-0.1, -0.05) is 12.1 Å². The first-order chi connectivity index (χ1) is 8.49. The van der Waals surface area contributed by atoms with Gasteiger partial charge in [-0.25, -0.2) is 0 Å². The van der Waals surface area contributed by atoms with Crippen LogP contribution in [0.2, 0.25) is 0 Å². The van der Waals surface area contributed by atoms with Crippen LogP contribution in [-0.4, -0.2) is 5.91 Å².